The Balaban J connectivity index is 2.07. The Morgan fingerprint density at radius 2 is 2.33 bits per heavy atom. The summed E-state index contributed by atoms with van der Waals surface area (Å²) in [7, 11) is 3.90. The molecule has 5 heteroatoms. The summed E-state index contributed by atoms with van der Waals surface area (Å²) in [4.78, 5) is 6.32. The fraction of sp³-hybridized carbons (Fsp3) is 0.800. The number of likely N-dealkylation sites (tertiary alicyclic amines) is 1. The number of hydrogen-bond donors (Lipinski definition) is 1. The van der Waals surface area contributed by atoms with Crippen LogP contribution in [-0.2, 0) is 13.5 Å². The normalized spacial score (nSPS) is 28.2. The summed E-state index contributed by atoms with van der Waals surface area (Å²) in [5.74, 6) is 0.854. The second-order valence-corrected chi connectivity index (χ2v) is 4.54. The molecule has 1 aromatic rings. The van der Waals surface area contributed by atoms with Crippen LogP contribution in [0.4, 0.5) is 0 Å². The van der Waals surface area contributed by atoms with Gasteiger partial charge in [0.2, 0.25) is 0 Å². The van der Waals surface area contributed by atoms with E-state index in [4.69, 9.17) is 0 Å². The van der Waals surface area contributed by atoms with E-state index in [9.17, 15) is 5.11 Å². The highest BCUT2D eigenvalue weighted by molar-refractivity contribution is 4.97. The molecule has 1 fully saturated rings. The molecule has 0 saturated carbocycles. The molecule has 0 aliphatic carbocycles. The summed E-state index contributed by atoms with van der Waals surface area (Å²) in [6, 6.07) is 0. The molecule has 5 nitrogen and oxygen atoms in total. The van der Waals surface area contributed by atoms with Crippen molar-refractivity contribution in [3.63, 3.8) is 0 Å². The number of aliphatic hydroxyl groups is 1. The molecule has 2 rings (SSSR count). The average molecular weight is 210 g/mol. The van der Waals surface area contributed by atoms with Crippen molar-refractivity contribution in [3.8, 4) is 0 Å². The lowest BCUT2D eigenvalue weighted by Gasteiger charge is -2.37. The number of aryl methyl sites for hydroxylation is 1. The number of likely N-dealkylation sites (N-methyl/N-ethyl adjacent to an activating group) is 1. The number of hydrogen-bond acceptors (Lipinski definition) is 4. The molecule has 1 N–H and O–H groups in total. The van der Waals surface area contributed by atoms with E-state index in [1.807, 2.05) is 14.1 Å². The molecule has 0 radical (unpaired) electrons. The molecule has 0 aromatic carbocycles. The van der Waals surface area contributed by atoms with Crippen molar-refractivity contribution < 1.29 is 5.11 Å². The highest BCUT2D eigenvalue weighted by Gasteiger charge is 2.33. The second-order valence-electron chi connectivity index (χ2n) is 4.54. The van der Waals surface area contributed by atoms with E-state index in [2.05, 4.69) is 15.0 Å². The lowest BCUT2D eigenvalue weighted by Crippen LogP contribution is -2.48. The first-order valence-corrected chi connectivity index (χ1v) is 5.33. The van der Waals surface area contributed by atoms with Crippen LogP contribution in [0.3, 0.4) is 0 Å². The third kappa shape index (κ3) is 2.35. The molecule has 1 atom stereocenters. The fourth-order valence-electron chi connectivity index (χ4n) is 2.26. The molecule has 84 valence electrons. The van der Waals surface area contributed by atoms with Crippen molar-refractivity contribution in [3.05, 3.63) is 12.2 Å². The Kier molecular flexibility index (Phi) is 2.75. The van der Waals surface area contributed by atoms with Gasteiger partial charge in [0, 0.05) is 20.0 Å². The molecule has 15 heavy (non-hydrogen) atoms. The minimum atomic E-state index is -0.631. The Hall–Kier alpha value is -0.940. The minimum absolute atomic E-state index is 0.591. The van der Waals surface area contributed by atoms with E-state index in [0.29, 0.717) is 6.42 Å². The number of aromatic nitrogens is 3. The van der Waals surface area contributed by atoms with Gasteiger partial charge in [-0.15, -0.1) is 0 Å². The Morgan fingerprint density at radius 3 is 2.93 bits per heavy atom. The van der Waals surface area contributed by atoms with Crippen molar-refractivity contribution in [1.29, 1.82) is 0 Å². The predicted molar refractivity (Wildman–Crippen MR) is 56.4 cm³/mol. The lowest BCUT2D eigenvalue weighted by molar-refractivity contribution is -0.0243. The maximum atomic E-state index is 10.4. The van der Waals surface area contributed by atoms with Gasteiger partial charge in [-0.3, -0.25) is 4.68 Å². The maximum Gasteiger partial charge on any atom is 0.138 e. The smallest absolute Gasteiger partial charge is 0.138 e. The molecule has 2 heterocycles. The van der Waals surface area contributed by atoms with Crippen LogP contribution in [0.1, 0.15) is 18.7 Å². The molecule has 1 aromatic heterocycles. The maximum absolute atomic E-state index is 10.4. The van der Waals surface area contributed by atoms with Gasteiger partial charge in [0.05, 0.1) is 5.60 Å². The lowest BCUT2D eigenvalue weighted by atomic mass is 9.89. The molecular formula is C10H18N4O. The second kappa shape index (κ2) is 3.90. The van der Waals surface area contributed by atoms with Gasteiger partial charge in [0.1, 0.15) is 12.2 Å². The van der Waals surface area contributed by atoms with E-state index >= 15 is 0 Å². The van der Waals surface area contributed by atoms with Crippen LogP contribution in [0.2, 0.25) is 0 Å². The zero-order valence-electron chi connectivity index (χ0n) is 9.35. The molecular weight excluding hydrogens is 192 g/mol. The summed E-state index contributed by atoms with van der Waals surface area (Å²) in [5.41, 5.74) is -0.631. The number of piperidine rings is 1. The van der Waals surface area contributed by atoms with Crippen molar-refractivity contribution in [2.45, 2.75) is 24.9 Å². The Labute approximate surface area is 89.7 Å². The minimum Gasteiger partial charge on any atom is -0.388 e. The van der Waals surface area contributed by atoms with Crippen molar-refractivity contribution >= 4 is 0 Å². The van der Waals surface area contributed by atoms with E-state index in [1.165, 1.54) is 6.33 Å². The van der Waals surface area contributed by atoms with Crippen LogP contribution in [-0.4, -0.2) is 50.5 Å². The standard InChI is InChI=1S/C10H18N4O/c1-13-5-3-4-10(15,7-13)6-9-11-8-12-14(9)2/h8,15H,3-7H2,1-2H3. The molecule has 1 unspecified atom stereocenters. The van der Waals surface area contributed by atoms with Gasteiger partial charge < -0.3 is 10.0 Å². The van der Waals surface area contributed by atoms with Crippen molar-refractivity contribution in [1.82, 2.24) is 19.7 Å². The number of β-amino-alcohol motifs (C(OH)–C–C–N with tert-alkyl or cyclic N) is 1. The molecule has 1 aliphatic rings. The van der Waals surface area contributed by atoms with Crippen LogP contribution in [0, 0.1) is 0 Å². The monoisotopic (exact) mass is 210 g/mol. The van der Waals surface area contributed by atoms with Crippen LogP contribution < -0.4 is 0 Å². The fourth-order valence-corrected chi connectivity index (χ4v) is 2.26. The summed E-state index contributed by atoms with van der Waals surface area (Å²) in [6.45, 7) is 1.79. The van der Waals surface area contributed by atoms with Gasteiger partial charge in [0.15, 0.2) is 0 Å². The highest BCUT2D eigenvalue weighted by Crippen LogP contribution is 2.23. The van der Waals surface area contributed by atoms with E-state index < -0.39 is 5.60 Å². The quantitative estimate of drug-likeness (QED) is 0.735. The molecule has 1 aliphatic heterocycles. The topological polar surface area (TPSA) is 54.2 Å². The third-order valence-corrected chi connectivity index (χ3v) is 3.04. The summed E-state index contributed by atoms with van der Waals surface area (Å²) < 4.78 is 1.73. The molecule has 0 spiro atoms. The number of rotatable bonds is 2. The van der Waals surface area contributed by atoms with Crippen LogP contribution >= 0.6 is 0 Å². The zero-order chi connectivity index (χ0) is 10.9. The molecule has 0 bridgehead atoms. The van der Waals surface area contributed by atoms with E-state index in [1.54, 1.807) is 4.68 Å². The van der Waals surface area contributed by atoms with Gasteiger partial charge in [-0.2, -0.15) is 5.10 Å². The first-order valence-electron chi connectivity index (χ1n) is 5.33. The summed E-state index contributed by atoms with van der Waals surface area (Å²) >= 11 is 0. The van der Waals surface area contributed by atoms with Crippen LogP contribution in [0.25, 0.3) is 0 Å². The molecule has 1 saturated heterocycles. The first kappa shape index (κ1) is 10.6. The first-order chi connectivity index (χ1) is 7.09. The van der Waals surface area contributed by atoms with Crippen LogP contribution in [0.5, 0.6) is 0 Å². The van der Waals surface area contributed by atoms with Crippen LogP contribution in [0.15, 0.2) is 6.33 Å². The third-order valence-electron chi connectivity index (χ3n) is 3.04. The summed E-state index contributed by atoms with van der Waals surface area (Å²) in [6.07, 6.45) is 4.02. The summed E-state index contributed by atoms with van der Waals surface area (Å²) in [5, 5.41) is 14.4. The largest absolute Gasteiger partial charge is 0.388 e. The van der Waals surface area contributed by atoms with Gasteiger partial charge >= 0.3 is 0 Å². The van der Waals surface area contributed by atoms with Gasteiger partial charge in [-0.1, -0.05) is 0 Å². The van der Waals surface area contributed by atoms with Gasteiger partial charge in [0.25, 0.3) is 0 Å². The zero-order valence-corrected chi connectivity index (χ0v) is 9.35. The number of nitrogens with zero attached hydrogens (tertiary/aromatic N) is 4. The van der Waals surface area contributed by atoms with Crippen molar-refractivity contribution in [2.75, 3.05) is 20.1 Å². The van der Waals surface area contributed by atoms with E-state index in [0.717, 1.165) is 31.8 Å². The van der Waals surface area contributed by atoms with E-state index in [-0.39, 0.29) is 0 Å². The highest BCUT2D eigenvalue weighted by atomic mass is 16.3. The molecule has 0 amide bonds. The average Bonchev–Trinajstić information content (AvgIpc) is 2.50. The Bertz CT molecular complexity index is 338. The predicted octanol–water partition coefficient (Wildman–Crippen LogP) is -0.186. The Morgan fingerprint density at radius 1 is 1.53 bits per heavy atom. The van der Waals surface area contributed by atoms with Gasteiger partial charge in [-0.25, -0.2) is 4.98 Å². The van der Waals surface area contributed by atoms with Crippen molar-refractivity contribution in [2.24, 2.45) is 7.05 Å². The van der Waals surface area contributed by atoms with Gasteiger partial charge in [-0.05, 0) is 26.4 Å². The SMILES string of the molecule is CN1CCCC(O)(Cc2ncnn2C)C1.